The van der Waals surface area contributed by atoms with Crippen LogP contribution in [0.25, 0.3) is 80.7 Å². The molecule has 0 saturated carbocycles. The minimum atomic E-state index is 1.10. The second-order valence-electron chi connectivity index (χ2n) is 14.2. The summed E-state index contributed by atoms with van der Waals surface area (Å²) in [5.74, 6) is 0. The van der Waals surface area contributed by atoms with Crippen LogP contribution in [0.3, 0.4) is 0 Å². The van der Waals surface area contributed by atoms with Crippen LogP contribution >= 0.6 is 11.3 Å². The fourth-order valence-electron chi connectivity index (χ4n) is 8.36. The normalized spacial score (nSPS) is 11.6. The Labute approximate surface area is 323 Å². The van der Waals surface area contributed by atoms with Crippen molar-refractivity contribution in [1.82, 2.24) is 4.57 Å². The Kier molecular flexibility index (Phi) is 7.39. The van der Waals surface area contributed by atoms with Crippen molar-refractivity contribution in [2.75, 3.05) is 4.90 Å². The minimum Gasteiger partial charge on any atom is -0.310 e. The molecule has 2 heterocycles. The van der Waals surface area contributed by atoms with Crippen LogP contribution in [0.15, 0.2) is 206 Å². The minimum absolute atomic E-state index is 1.10. The van der Waals surface area contributed by atoms with Gasteiger partial charge in [-0.15, -0.1) is 11.3 Å². The fraction of sp³-hybridized carbons (Fsp3) is 0. The maximum Gasteiger partial charge on any atom is 0.0542 e. The molecule has 0 aliphatic carbocycles. The van der Waals surface area contributed by atoms with Crippen molar-refractivity contribution in [3.05, 3.63) is 206 Å². The zero-order chi connectivity index (χ0) is 36.3. The Morgan fingerprint density at radius 3 is 1.89 bits per heavy atom. The number of thiophene rings is 1. The summed E-state index contributed by atoms with van der Waals surface area (Å²) in [5, 5.41) is 7.66. The van der Waals surface area contributed by atoms with Gasteiger partial charge in [0, 0.05) is 53.6 Å². The first-order valence-electron chi connectivity index (χ1n) is 18.8. The molecule has 2 nitrogen and oxygen atoms in total. The second kappa shape index (κ2) is 12.9. The van der Waals surface area contributed by atoms with Gasteiger partial charge in [-0.2, -0.15) is 0 Å². The summed E-state index contributed by atoms with van der Waals surface area (Å²) in [5.41, 5.74) is 11.7. The van der Waals surface area contributed by atoms with E-state index in [0.29, 0.717) is 0 Å². The van der Waals surface area contributed by atoms with Crippen LogP contribution in [0.2, 0.25) is 0 Å². The van der Waals surface area contributed by atoms with Crippen LogP contribution in [0.1, 0.15) is 0 Å². The number of aromatic nitrogens is 1. The quantitative estimate of drug-likeness (QED) is 0.166. The van der Waals surface area contributed by atoms with E-state index in [1.807, 2.05) is 11.3 Å². The third-order valence-electron chi connectivity index (χ3n) is 11.0. The van der Waals surface area contributed by atoms with Gasteiger partial charge in [-0.1, -0.05) is 127 Å². The number of anilines is 3. The van der Waals surface area contributed by atoms with Crippen molar-refractivity contribution in [3.8, 4) is 27.9 Å². The Balaban J connectivity index is 1.06. The van der Waals surface area contributed by atoms with Crippen molar-refractivity contribution in [1.29, 1.82) is 0 Å². The second-order valence-corrected chi connectivity index (χ2v) is 15.2. The van der Waals surface area contributed by atoms with E-state index in [0.717, 1.165) is 22.7 Å². The predicted molar refractivity (Wildman–Crippen MR) is 237 cm³/mol. The van der Waals surface area contributed by atoms with Crippen LogP contribution in [0.4, 0.5) is 17.1 Å². The highest BCUT2D eigenvalue weighted by Crippen LogP contribution is 2.44. The molecule has 0 atom stereocenters. The van der Waals surface area contributed by atoms with Gasteiger partial charge in [-0.3, -0.25) is 0 Å². The zero-order valence-electron chi connectivity index (χ0n) is 29.9. The Morgan fingerprint density at radius 1 is 0.364 bits per heavy atom. The molecule has 0 unspecified atom stereocenters. The van der Waals surface area contributed by atoms with E-state index in [9.17, 15) is 0 Å². The largest absolute Gasteiger partial charge is 0.310 e. The van der Waals surface area contributed by atoms with E-state index in [-0.39, 0.29) is 0 Å². The Bertz CT molecular complexity index is 3190. The third kappa shape index (κ3) is 5.32. The molecule has 0 fully saturated rings. The lowest BCUT2D eigenvalue weighted by atomic mass is 9.99. The van der Waals surface area contributed by atoms with E-state index in [1.165, 1.54) is 75.0 Å². The van der Waals surface area contributed by atoms with Crippen LogP contribution in [-0.2, 0) is 0 Å². The highest BCUT2D eigenvalue weighted by Gasteiger charge is 2.20. The molecule has 258 valence electrons. The molecule has 0 amide bonds. The molecule has 0 aliphatic rings. The molecule has 3 heteroatoms. The van der Waals surface area contributed by atoms with E-state index in [4.69, 9.17) is 0 Å². The standard InChI is InChI=1S/C52H34N2S/c1-3-13-36(14-4-1)43-17-7-10-20-48(43)53(42-29-30-50-46(34-42)44-18-8-11-21-49(44)54(50)40-15-5-2-6-16-40)41-27-25-35(26-28-41)37-23-24-38-32-47-45-19-9-12-22-51(45)55-52(47)33-39(38)31-37/h1-34H. The van der Waals surface area contributed by atoms with Crippen molar-refractivity contribution in [2.24, 2.45) is 0 Å². The summed E-state index contributed by atoms with van der Waals surface area (Å²) in [6, 6.07) is 75.2. The van der Waals surface area contributed by atoms with Gasteiger partial charge in [-0.05, 0) is 106 Å². The summed E-state index contributed by atoms with van der Waals surface area (Å²) < 4.78 is 5.04. The van der Waals surface area contributed by atoms with Gasteiger partial charge in [0.05, 0.1) is 16.7 Å². The number of nitrogens with zero attached hydrogens (tertiary/aromatic N) is 2. The lowest BCUT2D eigenvalue weighted by Crippen LogP contribution is -2.11. The summed E-state index contributed by atoms with van der Waals surface area (Å²) in [4.78, 5) is 2.42. The molecular weight excluding hydrogens is 685 g/mol. The highest BCUT2D eigenvalue weighted by molar-refractivity contribution is 7.25. The first kappa shape index (κ1) is 31.6. The first-order chi connectivity index (χ1) is 27.3. The number of para-hydroxylation sites is 3. The summed E-state index contributed by atoms with van der Waals surface area (Å²) in [6.45, 7) is 0. The summed E-state index contributed by atoms with van der Waals surface area (Å²) >= 11 is 1.87. The van der Waals surface area contributed by atoms with Gasteiger partial charge in [-0.25, -0.2) is 0 Å². The molecule has 2 aromatic heterocycles. The molecular formula is C52H34N2S. The fourth-order valence-corrected chi connectivity index (χ4v) is 9.50. The van der Waals surface area contributed by atoms with Crippen LogP contribution < -0.4 is 4.90 Å². The first-order valence-corrected chi connectivity index (χ1v) is 19.6. The lowest BCUT2D eigenvalue weighted by molar-refractivity contribution is 1.18. The average molecular weight is 719 g/mol. The predicted octanol–water partition coefficient (Wildman–Crippen LogP) is 15.1. The van der Waals surface area contributed by atoms with Gasteiger partial charge in [0.2, 0.25) is 0 Å². The number of rotatable bonds is 6. The van der Waals surface area contributed by atoms with Crippen molar-refractivity contribution < 1.29 is 0 Å². The van der Waals surface area contributed by atoms with E-state index in [1.54, 1.807) is 0 Å². The maximum atomic E-state index is 2.42. The number of hydrogen-bond donors (Lipinski definition) is 0. The average Bonchev–Trinajstić information content (AvgIpc) is 3.78. The Morgan fingerprint density at radius 2 is 1.04 bits per heavy atom. The monoisotopic (exact) mass is 718 g/mol. The zero-order valence-corrected chi connectivity index (χ0v) is 30.7. The molecule has 11 aromatic rings. The number of hydrogen-bond acceptors (Lipinski definition) is 2. The van der Waals surface area contributed by atoms with E-state index in [2.05, 4.69) is 216 Å². The van der Waals surface area contributed by atoms with Gasteiger partial charge < -0.3 is 9.47 Å². The molecule has 0 spiro atoms. The molecule has 0 saturated heterocycles. The van der Waals surface area contributed by atoms with Crippen LogP contribution in [0.5, 0.6) is 0 Å². The van der Waals surface area contributed by atoms with Gasteiger partial charge >= 0.3 is 0 Å². The van der Waals surface area contributed by atoms with Gasteiger partial charge in [0.25, 0.3) is 0 Å². The molecule has 55 heavy (non-hydrogen) atoms. The lowest BCUT2D eigenvalue weighted by Gasteiger charge is -2.28. The van der Waals surface area contributed by atoms with Crippen molar-refractivity contribution in [2.45, 2.75) is 0 Å². The van der Waals surface area contributed by atoms with Crippen LogP contribution in [0, 0.1) is 0 Å². The molecule has 0 radical (unpaired) electrons. The van der Waals surface area contributed by atoms with Crippen molar-refractivity contribution >= 4 is 81.1 Å². The van der Waals surface area contributed by atoms with Gasteiger partial charge in [0.15, 0.2) is 0 Å². The topological polar surface area (TPSA) is 8.17 Å². The van der Waals surface area contributed by atoms with Crippen molar-refractivity contribution in [3.63, 3.8) is 0 Å². The molecule has 9 aromatic carbocycles. The number of benzene rings is 9. The molecule has 0 bridgehead atoms. The Hall–Kier alpha value is -6.94. The summed E-state index contributed by atoms with van der Waals surface area (Å²) in [6.07, 6.45) is 0. The summed E-state index contributed by atoms with van der Waals surface area (Å²) in [7, 11) is 0. The smallest absolute Gasteiger partial charge is 0.0542 e. The SMILES string of the molecule is c1ccc(-c2ccccc2N(c2ccc(-c3ccc4cc5c(cc4c3)sc3ccccc35)cc2)c2ccc3c(c2)c2ccccc2n3-c2ccccc2)cc1. The van der Waals surface area contributed by atoms with E-state index < -0.39 is 0 Å². The van der Waals surface area contributed by atoms with E-state index >= 15 is 0 Å². The van der Waals surface area contributed by atoms with Gasteiger partial charge in [0.1, 0.15) is 0 Å². The van der Waals surface area contributed by atoms with Crippen LogP contribution in [-0.4, -0.2) is 4.57 Å². The molecule has 0 N–H and O–H groups in total. The maximum absolute atomic E-state index is 2.42. The highest BCUT2D eigenvalue weighted by atomic mass is 32.1. The number of fused-ring (bicyclic) bond motifs is 7. The third-order valence-corrected chi connectivity index (χ3v) is 12.1. The molecule has 0 aliphatic heterocycles. The molecule has 11 rings (SSSR count).